The van der Waals surface area contributed by atoms with Gasteiger partial charge in [0.05, 0.1) is 6.67 Å². The van der Waals surface area contributed by atoms with Crippen molar-refractivity contribution in [3.8, 4) is 0 Å². The average molecular weight is 309 g/mol. The molecule has 128 valence electrons. The molecule has 0 aromatic rings. The molecule has 3 aliphatic rings. The summed E-state index contributed by atoms with van der Waals surface area (Å²) >= 11 is 0. The first-order valence-corrected chi connectivity index (χ1v) is 9.72. The second kappa shape index (κ2) is 8.62. The minimum Gasteiger partial charge on any atom is -0.303 e. The number of hydrogen-bond donors (Lipinski definition) is 0. The maximum atomic E-state index is 2.68. The Bertz CT molecular complexity index is 316. The molecule has 0 aromatic heterocycles. The molecule has 3 aliphatic heterocycles. The van der Waals surface area contributed by atoms with Crippen molar-refractivity contribution in [1.29, 1.82) is 0 Å². The third-order valence-corrected chi connectivity index (χ3v) is 5.89. The first-order valence-electron chi connectivity index (χ1n) is 9.72. The number of nitrogens with zero attached hydrogens (tertiary/aromatic N) is 4. The summed E-state index contributed by atoms with van der Waals surface area (Å²) in [6.45, 7) is 15.5. The summed E-state index contributed by atoms with van der Waals surface area (Å²) < 4.78 is 0. The molecule has 0 amide bonds. The highest BCUT2D eigenvalue weighted by molar-refractivity contribution is 4.77. The molecule has 0 radical (unpaired) electrons. The number of hydrogen-bond acceptors (Lipinski definition) is 4. The average Bonchev–Trinajstić information content (AvgIpc) is 3.23. The van der Waals surface area contributed by atoms with Crippen LogP contribution in [0.2, 0.25) is 0 Å². The van der Waals surface area contributed by atoms with Crippen LogP contribution in [0.1, 0.15) is 45.4 Å². The third-order valence-electron chi connectivity index (χ3n) is 5.89. The van der Waals surface area contributed by atoms with Crippen LogP contribution in [0.5, 0.6) is 0 Å². The lowest BCUT2D eigenvalue weighted by atomic mass is 10.2. The quantitative estimate of drug-likeness (QED) is 0.679. The molecule has 1 unspecified atom stereocenters. The molecule has 3 saturated heterocycles. The van der Waals surface area contributed by atoms with Crippen LogP contribution in [0.25, 0.3) is 0 Å². The van der Waals surface area contributed by atoms with Crippen LogP contribution < -0.4 is 0 Å². The zero-order valence-corrected chi connectivity index (χ0v) is 14.7. The molecule has 0 bridgehead atoms. The van der Waals surface area contributed by atoms with Crippen molar-refractivity contribution >= 4 is 0 Å². The van der Waals surface area contributed by atoms with Crippen LogP contribution in [-0.2, 0) is 0 Å². The second-order valence-corrected chi connectivity index (χ2v) is 7.66. The molecular weight excluding hydrogens is 272 g/mol. The van der Waals surface area contributed by atoms with Gasteiger partial charge in [-0.2, -0.15) is 0 Å². The summed E-state index contributed by atoms with van der Waals surface area (Å²) in [5.74, 6) is 0. The summed E-state index contributed by atoms with van der Waals surface area (Å²) in [6, 6.07) is 0.834. The predicted octanol–water partition coefficient (Wildman–Crippen LogP) is 1.92. The van der Waals surface area contributed by atoms with E-state index in [1.165, 1.54) is 104 Å². The molecule has 4 heteroatoms. The Labute approximate surface area is 137 Å². The minimum atomic E-state index is 0.834. The zero-order chi connectivity index (χ0) is 15.2. The van der Waals surface area contributed by atoms with E-state index >= 15 is 0 Å². The zero-order valence-electron chi connectivity index (χ0n) is 14.7. The molecule has 4 nitrogen and oxygen atoms in total. The van der Waals surface area contributed by atoms with Crippen molar-refractivity contribution in [1.82, 2.24) is 19.6 Å². The van der Waals surface area contributed by atoms with Crippen molar-refractivity contribution in [2.24, 2.45) is 0 Å². The van der Waals surface area contributed by atoms with Crippen LogP contribution in [0, 0.1) is 0 Å². The molecule has 0 saturated carbocycles. The van der Waals surface area contributed by atoms with Crippen LogP contribution in [0.15, 0.2) is 0 Å². The maximum absolute atomic E-state index is 2.68. The highest BCUT2D eigenvalue weighted by Crippen LogP contribution is 2.16. The summed E-state index contributed by atoms with van der Waals surface area (Å²) in [4.78, 5) is 10.7. The lowest BCUT2D eigenvalue weighted by Crippen LogP contribution is -2.32. The van der Waals surface area contributed by atoms with Crippen molar-refractivity contribution < 1.29 is 0 Å². The Balaban J connectivity index is 1.22. The minimum absolute atomic E-state index is 0.834. The Morgan fingerprint density at radius 3 is 1.95 bits per heavy atom. The summed E-state index contributed by atoms with van der Waals surface area (Å²) in [5.41, 5.74) is 0. The van der Waals surface area contributed by atoms with E-state index in [2.05, 4.69) is 26.5 Å². The molecule has 0 aromatic carbocycles. The summed E-state index contributed by atoms with van der Waals surface area (Å²) in [5, 5.41) is 0. The molecule has 0 aliphatic carbocycles. The van der Waals surface area contributed by atoms with Crippen molar-refractivity contribution in [2.75, 3.05) is 65.6 Å². The normalized spacial score (nSPS) is 29.0. The largest absolute Gasteiger partial charge is 0.303 e. The van der Waals surface area contributed by atoms with Crippen molar-refractivity contribution in [3.63, 3.8) is 0 Å². The highest BCUT2D eigenvalue weighted by atomic mass is 15.4. The molecule has 3 heterocycles. The fraction of sp³-hybridized carbons (Fsp3) is 1.00. The van der Waals surface area contributed by atoms with Gasteiger partial charge in [0, 0.05) is 32.2 Å². The Kier molecular flexibility index (Phi) is 6.54. The van der Waals surface area contributed by atoms with Gasteiger partial charge in [-0.15, -0.1) is 0 Å². The fourth-order valence-electron chi connectivity index (χ4n) is 4.42. The molecule has 3 rings (SSSR count). The second-order valence-electron chi connectivity index (χ2n) is 7.66. The number of rotatable bonds is 8. The third kappa shape index (κ3) is 4.92. The van der Waals surface area contributed by atoms with Gasteiger partial charge in [-0.3, -0.25) is 9.80 Å². The predicted molar refractivity (Wildman–Crippen MR) is 93.2 cm³/mol. The van der Waals surface area contributed by atoms with Crippen molar-refractivity contribution in [3.05, 3.63) is 0 Å². The molecular formula is C18H36N4. The highest BCUT2D eigenvalue weighted by Gasteiger charge is 2.22. The Morgan fingerprint density at radius 1 is 0.682 bits per heavy atom. The van der Waals surface area contributed by atoms with Gasteiger partial charge in [-0.05, 0) is 78.2 Å². The standard InChI is InChI=1S/C18H36N4/c1-18-7-4-13-22(18)14-6-12-21-16-15-20(17-21)11-5-10-19-8-2-3-9-19/h18H,2-17H2,1H3. The Hall–Kier alpha value is -0.160. The van der Waals surface area contributed by atoms with E-state index in [4.69, 9.17) is 0 Å². The molecule has 22 heavy (non-hydrogen) atoms. The molecule has 3 fully saturated rings. The van der Waals surface area contributed by atoms with E-state index < -0.39 is 0 Å². The first-order chi connectivity index (χ1) is 10.8. The van der Waals surface area contributed by atoms with E-state index in [9.17, 15) is 0 Å². The van der Waals surface area contributed by atoms with Crippen LogP contribution in [0.3, 0.4) is 0 Å². The fourth-order valence-corrected chi connectivity index (χ4v) is 4.42. The van der Waals surface area contributed by atoms with E-state index in [0.717, 1.165) is 6.04 Å². The lowest BCUT2D eigenvalue weighted by Gasteiger charge is -2.23. The maximum Gasteiger partial charge on any atom is 0.0507 e. The van der Waals surface area contributed by atoms with Gasteiger partial charge in [0.25, 0.3) is 0 Å². The summed E-state index contributed by atoms with van der Waals surface area (Å²) in [7, 11) is 0. The smallest absolute Gasteiger partial charge is 0.0507 e. The van der Waals surface area contributed by atoms with Gasteiger partial charge in [-0.1, -0.05) is 0 Å². The van der Waals surface area contributed by atoms with Gasteiger partial charge in [0.1, 0.15) is 0 Å². The van der Waals surface area contributed by atoms with Crippen molar-refractivity contribution in [2.45, 2.75) is 51.5 Å². The first kappa shape index (κ1) is 16.7. The molecule has 0 N–H and O–H groups in total. The SMILES string of the molecule is CC1CCCN1CCCN1CCN(CCCN2CCCC2)C1. The summed E-state index contributed by atoms with van der Waals surface area (Å²) in [6.07, 6.45) is 8.38. The van der Waals surface area contributed by atoms with E-state index in [-0.39, 0.29) is 0 Å². The van der Waals surface area contributed by atoms with Crippen LogP contribution in [-0.4, -0.2) is 91.2 Å². The lowest BCUT2D eigenvalue weighted by molar-refractivity contribution is 0.210. The van der Waals surface area contributed by atoms with E-state index in [0.29, 0.717) is 0 Å². The van der Waals surface area contributed by atoms with Crippen LogP contribution >= 0.6 is 0 Å². The van der Waals surface area contributed by atoms with E-state index in [1.54, 1.807) is 0 Å². The topological polar surface area (TPSA) is 13.0 Å². The molecule has 1 atom stereocenters. The van der Waals surface area contributed by atoms with Crippen LogP contribution in [0.4, 0.5) is 0 Å². The van der Waals surface area contributed by atoms with Gasteiger partial charge in [-0.25, -0.2) is 0 Å². The van der Waals surface area contributed by atoms with Gasteiger partial charge in [0.15, 0.2) is 0 Å². The van der Waals surface area contributed by atoms with Gasteiger partial charge >= 0.3 is 0 Å². The monoisotopic (exact) mass is 308 g/mol. The number of likely N-dealkylation sites (tertiary alicyclic amines) is 2. The Morgan fingerprint density at radius 2 is 1.32 bits per heavy atom. The van der Waals surface area contributed by atoms with Gasteiger partial charge in [0.2, 0.25) is 0 Å². The van der Waals surface area contributed by atoms with Gasteiger partial charge < -0.3 is 9.80 Å². The van der Waals surface area contributed by atoms with E-state index in [1.807, 2.05) is 0 Å². The molecule has 0 spiro atoms.